The lowest BCUT2D eigenvalue weighted by Gasteiger charge is -2.15. The first-order valence-electron chi connectivity index (χ1n) is 4.28. The average Bonchev–Trinajstić information content (AvgIpc) is 2.10. The Morgan fingerprint density at radius 2 is 2.07 bits per heavy atom. The second kappa shape index (κ2) is 6.09. The minimum atomic E-state index is -0.821. The molecular formula is C8H15N3O3. The predicted octanol–water partition coefficient (Wildman–Crippen LogP) is -1.72. The van der Waals surface area contributed by atoms with Gasteiger partial charge < -0.3 is 21.6 Å². The van der Waals surface area contributed by atoms with E-state index >= 15 is 0 Å². The lowest BCUT2D eigenvalue weighted by atomic mass is 10.1. The predicted molar refractivity (Wildman–Crippen MR) is 50.1 cm³/mol. The summed E-state index contributed by atoms with van der Waals surface area (Å²) in [5.74, 6) is -1.12. The van der Waals surface area contributed by atoms with Gasteiger partial charge >= 0.3 is 0 Å². The molecular weight excluding hydrogens is 186 g/mol. The van der Waals surface area contributed by atoms with Crippen molar-refractivity contribution in [2.24, 2.45) is 11.5 Å². The Morgan fingerprint density at radius 1 is 1.50 bits per heavy atom. The number of carbonyl (C=O) groups is 3. The topological polar surface area (TPSA) is 115 Å². The highest BCUT2D eigenvalue weighted by Gasteiger charge is 2.18. The highest BCUT2D eigenvalue weighted by molar-refractivity contribution is 5.88. The molecule has 0 aromatic rings. The van der Waals surface area contributed by atoms with Crippen LogP contribution in [0.2, 0.25) is 0 Å². The van der Waals surface area contributed by atoms with Crippen LogP contribution in [0.3, 0.4) is 0 Å². The van der Waals surface area contributed by atoms with E-state index in [0.717, 1.165) is 0 Å². The third kappa shape index (κ3) is 4.56. The van der Waals surface area contributed by atoms with E-state index < -0.39 is 23.9 Å². The Morgan fingerprint density at radius 3 is 2.43 bits per heavy atom. The zero-order chi connectivity index (χ0) is 11.1. The van der Waals surface area contributed by atoms with Gasteiger partial charge in [-0.3, -0.25) is 9.59 Å². The van der Waals surface area contributed by atoms with Gasteiger partial charge in [0.1, 0.15) is 12.3 Å². The summed E-state index contributed by atoms with van der Waals surface area (Å²) in [6.45, 7) is 1.49. The van der Waals surface area contributed by atoms with Crippen molar-refractivity contribution in [2.75, 3.05) is 0 Å². The molecule has 0 spiro atoms. The summed E-state index contributed by atoms with van der Waals surface area (Å²) in [5, 5.41) is 2.35. The minimum Gasteiger partial charge on any atom is -0.368 e. The number of hydrogen-bond acceptors (Lipinski definition) is 4. The second-order valence-corrected chi connectivity index (χ2v) is 3.00. The van der Waals surface area contributed by atoms with E-state index in [-0.39, 0.29) is 12.8 Å². The first kappa shape index (κ1) is 12.6. The molecule has 0 saturated carbocycles. The summed E-state index contributed by atoms with van der Waals surface area (Å²) >= 11 is 0. The lowest BCUT2D eigenvalue weighted by Crippen LogP contribution is -2.49. The summed E-state index contributed by atoms with van der Waals surface area (Å²) in [7, 11) is 0. The van der Waals surface area contributed by atoms with Crippen molar-refractivity contribution in [3.05, 3.63) is 0 Å². The van der Waals surface area contributed by atoms with Gasteiger partial charge in [-0.15, -0.1) is 0 Å². The van der Waals surface area contributed by atoms with E-state index in [1.54, 1.807) is 0 Å². The van der Waals surface area contributed by atoms with Crippen LogP contribution in [-0.2, 0) is 14.4 Å². The molecule has 0 aromatic carbocycles. The molecule has 2 amide bonds. The summed E-state index contributed by atoms with van der Waals surface area (Å²) in [5.41, 5.74) is 10.3. The SMILES string of the molecule is C[C@H](N)C(=O)N[C@@H](CCC=O)C(N)=O. The van der Waals surface area contributed by atoms with Crippen molar-refractivity contribution < 1.29 is 14.4 Å². The maximum atomic E-state index is 11.1. The number of nitrogens with two attached hydrogens (primary N) is 2. The van der Waals surface area contributed by atoms with Crippen molar-refractivity contribution in [3.8, 4) is 0 Å². The van der Waals surface area contributed by atoms with Crippen LogP contribution < -0.4 is 16.8 Å². The van der Waals surface area contributed by atoms with Crippen LogP contribution in [0.4, 0.5) is 0 Å². The van der Waals surface area contributed by atoms with Crippen LogP contribution >= 0.6 is 0 Å². The van der Waals surface area contributed by atoms with E-state index in [2.05, 4.69) is 5.32 Å². The second-order valence-electron chi connectivity index (χ2n) is 3.00. The summed E-state index contributed by atoms with van der Waals surface area (Å²) in [6, 6.07) is -1.52. The van der Waals surface area contributed by atoms with E-state index in [4.69, 9.17) is 11.5 Å². The Bertz CT molecular complexity index is 228. The molecule has 0 aliphatic carbocycles. The summed E-state index contributed by atoms with van der Waals surface area (Å²) in [4.78, 5) is 32.0. The van der Waals surface area contributed by atoms with E-state index in [0.29, 0.717) is 6.29 Å². The van der Waals surface area contributed by atoms with Crippen LogP contribution in [0.15, 0.2) is 0 Å². The quantitative estimate of drug-likeness (QED) is 0.443. The molecule has 6 heteroatoms. The number of nitrogens with one attached hydrogen (secondary N) is 1. The number of hydrogen-bond donors (Lipinski definition) is 3. The molecule has 0 aliphatic heterocycles. The first-order valence-corrected chi connectivity index (χ1v) is 4.28. The lowest BCUT2D eigenvalue weighted by molar-refractivity contribution is -0.128. The third-order valence-electron chi connectivity index (χ3n) is 1.65. The Labute approximate surface area is 82.0 Å². The maximum Gasteiger partial charge on any atom is 0.240 e. The van der Waals surface area contributed by atoms with Crippen LogP contribution in [0.1, 0.15) is 19.8 Å². The molecule has 0 fully saturated rings. The largest absolute Gasteiger partial charge is 0.368 e. The van der Waals surface area contributed by atoms with Crippen molar-refractivity contribution >= 4 is 18.1 Å². The molecule has 0 saturated heterocycles. The molecule has 0 rings (SSSR count). The average molecular weight is 201 g/mol. The molecule has 0 bridgehead atoms. The number of rotatable bonds is 6. The molecule has 0 heterocycles. The van der Waals surface area contributed by atoms with E-state index in [1.165, 1.54) is 6.92 Å². The smallest absolute Gasteiger partial charge is 0.240 e. The number of carbonyl (C=O) groups excluding carboxylic acids is 3. The molecule has 6 nitrogen and oxygen atoms in total. The van der Waals surface area contributed by atoms with Gasteiger partial charge in [0, 0.05) is 6.42 Å². The molecule has 0 aromatic heterocycles. The third-order valence-corrected chi connectivity index (χ3v) is 1.65. The van der Waals surface area contributed by atoms with Gasteiger partial charge in [0.05, 0.1) is 6.04 Å². The zero-order valence-electron chi connectivity index (χ0n) is 8.03. The van der Waals surface area contributed by atoms with Crippen molar-refractivity contribution in [2.45, 2.75) is 31.8 Å². The van der Waals surface area contributed by atoms with Crippen LogP contribution in [-0.4, -0.2) is 30.2 Å². The maximum absolute atomic E-state index is 11.1. The number of primary amides is 1. The van der Waals surface area contributed by atoms with Crippen LogP contribution in [0, 0.1) is 0 Å². The van der Waals surface area contributed by atoms with Gasteiger partial charge in [-0.25, -0.2) is 0 Å². The minimum absolute atomic E-state index is 0.173. The summed E-state index contributed by atoms with van der Waals surface area (Å²) < 4.78 is 0. The van der Waals surface area contributed by atoms with Gasteiger partial charge in [0.25, 0.3) is 0 Å². The normalized spacial score (nSPS) is 14.1. The standard InChI is InChI=1S/C8H15N3O3/c1-5(9)8(14)11-6(7(10)13)3-2-4-12/h4-6H,2-3,9H2,1H3,(H2,10,13)(H,11,14)/t5-,6-/m0/s1. The van der Waals surface area contributed by atoms with Gasteiger partial charge in [0.2, 0.25) is 11.8 Å². The fourth-order valence-corrected chi connectivity index (χ4v) is 0.823. The van der Waals surface area contributed by atoms with Gasteiger partial charge in [0.15, 0.2) is 0 Å². The fourth-order valence-electron chi connectivity index (χ4n) is 0.823. The molecule has 14 heavy (non-hydrogen) atoms. The fraction of sp³-hybridized carbons (Fsp3) is 0.625. The molecule has 80 valence electrons. The van der Waals surface area contributed by atoms with E-state index in [9.17, 15) is 14.4 Å². The zero-order valence-corrected chi connectivity index (χ0v) is 8.03. The Balaban J connectivity index is 4.15. The first-order chi connectivity index (χ1) is 6.49. The molecule has 5 N–H and O–H groups in total. The molecule has 0 radical (unpaired) electrons. The highest BCUT2D eigenvalue weighted by atomic mass is 16.2. The van der Waals surface area contributed by atoms with Gasteiger partial charge in [-0.2, -0.15) is 0 Å². The van der Waals surface area contributed by atoms with Crippen molar-refractivity contribution in [3.63, 3.8) is 0 Å². The number of aldehydes is 1. The monoisotopic (exact) mass is 201 g/mol. The Hall–Kier alpha value is -1.43. The Kier molecular flexibility index (Phi) is 5.47. The molecule has 2 atom stereocenters. The molecule has 0 aliphatic rings. The van der Waals surface area contributed by atoms with Crippen molar-refractivity contribution in [1.29, 1.82) is 0 Å². The van der Waals surface area contributed by atoms with Crippen LogP contribution in [0.5, 0.6) is 0 Å². The van der Waals surface area contributed by atoms with Crippen LogP contribution in [0.25, 0.3) is 0 Å². The molecule has 0 unspecified atom stereocenters. The van der Waals surface area contributed by atoms with Gasteiger partial charge in [-0.05, 0) is 13.3 Å². The number of amides is 2. The van der Waals surface area contributed by atoms with E-state index in [1.807, 2.05) is 0 Å². The highest BCUT2D eigenvalue weighted by Crippen LogP contribution is 1.95. The van der Waals surface area contributed by atoms with Crippen molar-refractivity contribution in [1.82, 2.24) is 5.32 Å². The summed E-state index contributed by atoms with van der Waals surface area (Å²) in [6.07, 6.45) is 1.04. The van der Waals surface area contributed by atoms with Gasteiger partial charge in [-0.1, -0.05) is 0 Å².